The monoisotopic (exact) mass is 422 g/mol. The van der Waals surface area contributed by atoms with E-state index in [-0.39, 0.29) is 6.04 Å². The first-order valence-corrected chi connectivity index (χ1v) is 10.8. The summed E-state index contributed by atoms with van der Waals surface area (Å²) in [6, 6.07) is 5.21. The summed E-state index contributed by atoms with van der Waals surface area (Å²) in [6.45, 7) is 2.50. The quantitative estimate of drug-likeness (QED) is 0.767. The van der Waals surface area contributed by atoms with Crippen LogP contribution in [0.2, 0.25) is 0 Å². The average molecular weight is 422 g/mol. The number of rotatable bonds is 6. The second-order valence-corrected chi connectivity index (χ2v) is 8.74. The van der Waals surface area contributed by atoms with Crippen LogP contribution in [0.5, 0.6) is 0 Å². The van der Waals surface area contributed by atoms with Gasteiger partial charge in [-0.1, -0.05) is 12.8 Å². The molecule has 1 aromatic carbocycles. The molecule has 0 bridgehead atoms. The van der Waals surface area contributed by atoms with Crippen molar-refractivity contribution in [1.29, 1.82) is 0 Å². The van der Waals surface area contributed by atoms with E-state index >= 15 is 0 Å². The van der Waals surface area contributed by atoms with Crippen LogP contribution in [0.3, 0.4) is 0 Å². The van der Waals surface area contributed by atoms with E-state index in [0.29, 0.717) is 29.9 Å². The highest BCUT2D eigenvalue weighted by Gasteiger charge is 2.30. The van der Waals surface area contributed by atoms with Crippen LogP contribution < -0.4 is 5.73 Å². The van der Waals surface area contributed by atoms with E-state index in [0.717, 1.165) is 38.1 Å². The third kappa shape index (κ3) is 5.00. The van der Waals surface area contributed by atoms with Gasteiger partial charge in [0.05, 0.1) is 17.8 Å². The van der Waals surface area contributed by atoms with Gasteiger partial charge in [-0.3, -0.25) is 4.90 Å². The van der Waals surface area contributed by atoms with Gasteiger partial charge in [0.1, 0.15) is 0 Å². The first kappa shape index (κ1) is 21.2. The minimum absolute atomic E-state index is 0.287. The minimum atomic E-state index is -4.36. The lowest BCUT2D eigenvalue weighted by atomic mass is 9.86. The maximum atomic E-state index is 12.8. The van der Waals surface area contributed by atoms with E-state index in [1.165, 1.54) is 48.9 Å². The molecule has 30 heavy (non-hydrogen) atoms. The Hall–Kier alpha value is -2.00. The molecule has 1 aliphatic carbocycles. The molecule has 0 radical (unpaired) electrons. The summed E-state index contributed by atoms with van der Waals surface area (Å²) < 4.78 is 40.0. The summed E-state index contributed by atoms with van der Waals surface area (Å²) >= 11 is 0. The molecule has 2 aliphatic rings. The summed E-state index contributed by atoms with van der Waals surface area (Å²) in [7, 11) is 0. The van der Waals surface area contributed by atoms with Crippen molar-refractivity contribution in [3.63, 3.8) is 0 Å². The molecule has 0 amide bonds. The van der Waals surface area contributed by atoms with Gasteiger partial charge in [-0.2, -0.15) is 17.9 Å². The molecule has 2 atom stereocenters. The Morgan fingerprint density at radius 1 is 1.07 bits per heavy atom. The van der Waals surface area contributed by atoms with Crippen LogP contribution in [-0.4, -0.2) is 44.2 Å². The zero-order valence-electron chi connectivity index (χ0n) is 17.1. The fourth-order valence-corrected chi connectivity index (χ4v) is 4.95. The summed E-state index contributed by atoms with van der Waals surface area (Å²) in [5.41, 5.74) is 6.34. The number of alkyl halides is 3. The van der Waals surface area contributed by atoms with E-state index in [2.05, 4.69) is 20.4 Å². The number of nitrogens with two attached hydrogens (primary N) is 1. The van der Waals surface area contributed by atoms with E-state index in [9.17, 15) is 13.2 Å². The second kappa shape index (κ2) is 9.01. The van der Waals surface area contributed by atoms with E-state index in [1.807, 2.05) is 0 Å². The van der Waals surface area contributed by atoms with Gasteiger partial charge >= 0.3 is 6.18 Å². The second-order valence-electron chi connectivity index (χ2n) is 8.74. The number of tetrazole rings is 1. The molecule has 0 spiro atoms. The molecular weight excluding hydrogens is 393 g/mol. The van der Waals surface area contributed by atoms with Crippen molar-refractivity contribution in [3.8, 4) is 5.69 Å². The summed E-state index contributed by atoms with van der Waals surface area (Å²) in [5, 5.41) is 11.9. The van der Waals surface area contributed by atoms with Crippen molar-refractivity contribution < 1.29 is 13.2 Å². The lowest BCUT2D eigenvalue weighted by molar-refractivity contribution is -0.137. The lowest BCUT2D eigenvalue weighted by Crippen LogP contribution is -2.39. The smallest absolute Gasteiger partial charge is 0.327 e. The molecule has 2 fully saturated rings. The number of aromatic nitrogens is 4. The summed E-state index contributed by atoms with van der Waals surface area (Å²) in [6.07, 6.45) is 4.16. The largest absolute Gasteiger partial charge is 0.416 e. The Bertz CT molecular complexity index is 813. The first-order chi connectivity index (χ1) is 14.4. The SMILES string of the molecule is NC(CC1CCCN(Cc2nnnn2-c2ccc(C(F)(F)F)cc2)C1)C1CCCC1. The van der Waals surface area contributed by atoms with Gasteiger partial charge in [0.2, 0.25) is 0 Å². The van der Waals surface area contributed by atoms with Gasteiger partial charge in [-0.15, -0.1) is 5.10 Å². The van der Waals surface area contributed by atoms with Crippen molar-refractivity contribution in [2.75, 3.05) is 13.1 Å². The average Bonchev–Trinajstić information content (AvgIpc) is 3.40. The Kier molecular flexibility index (Phi) is 6.38. The Morgan fingerprint density at radius 2 is 1.80 bits per heavy atom. The molecular formula is C21H29F3N6. The van der Waals surface area contributed by atoms with Crippen molar-refractivity contribution >= 4 is 0 Å². The molecule has 9 heteroatoms. The zero-order chi connectivity index (χ0) is 21.1. The molecule has 2 unspecified atom stereocenters. The number of likely N-dealkylation sites (tertiary alicyclic amines) is 1. The van der Waals surface area contributed by atoms with E-state index in [1.54, 1.807) is 0 Å². The number of piperidine rings is 1. The maximum Gasteiger partial charge on any atom is 0.416 e. The van der Waals surface area contributed by atoms with E-state index in [4.69, 9.17) is 5.73 Å². The van der Waals surface area contributed by atoms with Crippen molar-refractivity contribution in [2.45, 2.75) is 63.7 Å². The Labute approximate surface area is 174 Å². The van der Waals surface area contributed by atoms with Crippen LogP contribution >= 0.6 is 0 Å². The number of hydrogen-bond donors (Lipinski definition) is 1. The van der Waals surface area contributed by atoms with Crippen molar-refractivity contribution in [2.24, 2.45) is 17.6 Å². The van der Waals surface area contributed by atoms with Crippen molar-refractivity contribution in [1.82, 2.24) is 25.1 Å². The van der Waals surface area contributed by atoms with E-state index < -0.39 is 11.7 Å². The van der Waals surface area contributed by atoms with Crippen LogP contribution in [0.25, 0.3) is 5.69 Å². The molecule has 2 N–H and O–H groups in total. The van der Waals surface area contributed by atoms with Gasteiger partial charge in [0, 0.05) is 12.6 Å². The predicted molar refractivity (Wildman–Crippen MR) is 107 cm³/mol. The number of nitrogens with zero attached hydrogens (tertiary/aromatic N) is 5. The summed E-state index contributed by atoms with van der Waals surface area (Å²) in [5.74, 6) is 1.88. The Balaban J connectivity index is 1.38. The number of hydrogen-bond acceptors (Lipinski definition) is 5. The van der Waals surface area contributed by atoms with Crippen LogP contribution in [-0.2, 0) is 12.7 Å². The highest BCUT2D eigenvalue weighted by molar-refractivity contribution is 5.35. The van der Waals surface area contributed by atoms with Crippen molar-refractivity contribution in [3.05, 3.63) is 35.7 Å². The maximum absolute atomic E-state index is 12.8. The highest BCUT2D eigenvalue weighted by atomic mass is 19.4. The standard InChI is InChI=1S/C21H29F3N6/c22-21(23,24)17-7-9-18(10-8-17)30-20(26-27-28-30)14-29-11-3-4-15(13-29)12-19(25)16-5-1-2-6-16/h7-10,15-16,19H,1-6,11-14,25H2. The normalized spacial score (nSPS) is 22.5. The first-order valence-electron chi connectivity index (χ1n) is 10.8. The molecule has 2 aromatic rings. The summed E-state index contributed by atoms with van der Waals surface area (Å²) in [4.78, 5) is 2.34. The predicted octanol–water partition coefficient (Wildman–Crippen LogP) is 3.80. The number of benzene rings is 1. The lowest BCUT2D eigenvalue weighted by Gasteiger charge is -2.34. The van der Waals surface area contributed by atoms with Gasteiger partial charge < -0.3 is 5.73 Å². The van der Waals surface area contributed by atoms with Crippen LogP contribution in [0.15, 0.2) is 24.3 Å². The third-order valence-corrected chi connectivity index (χ3v) is 6.55. The molecule has 6 nitrogen and oxygen atoms in total. The molecule has 2 heterocycles. The van der Waals surface area contributed by atoms with Crippen LogP contribution in [0, 0.1) is 11.8 Å². The minimum Gasteiger partial charge on any atom is -0.327 e. The van der Waals surface area contributed by atoms with Gasteiger partial charge in [-0.05, 0) is 85.2 Å². The molecule has 1 saturated carbocycles. The zero-order valence-corrected chi connectivity index (χ0v) is 17.1. The topological polar surface area (TPSA) is 72.9 Å². The fraction of sp³-hybridized carbons (Fsp3) is 0.667. The van der Waals surface area contributed by atoms with Gasteiger partial charge in [0.15, 0.2) is 5.82 Å². The number of halogens is 3. The fourth-order valence-electron chi connectivity index (χ4n) is 4.95. The van der Waals surface area contributed by atoms with Gasteiger partial charge in [-0.25, -0.2) is 0 Å². The van der Waals surface area contributed by atoms with Crippen LogP contribution in [0.4, 0.5) is 13.2 Å². The molecule has 4 rings (SSSR count). The third-order valence-electron chi connectivity index (χ3n) is 6.55. The highest BCUT2D eigenvalue weighted by Crippen LogP contribution is 2.32. The molecule has 1 saturated heterocycles. The molecule has 164 valence electrons. The van der Waals surface area contributed by atoms with Crippen LogP contribution in [0.1, 0.15) is 56.3 Å². The van der Waals surface area contributed by atoms with Gasteiger partial charge in [0.25, 0.3) is 0 Å². The molecule has 1 aromatic heterocycles. The molecule has 1 aliphatic heterocycles. The Morgan fingerprint density at radius 3 is 2.50 bits per heavy atom.